The minimum absolute atomic E-state index is 0.135. The molecule has 0 aromatic heterocycles. The molecule has 0 saturated carbocycles. The van der Waals surface area contributed by atoms with E-state index in [1.54, 1.807) is 27.7 Å². The molecule has 1 aromatic rings. The molecule has 5 heteroatoms. The van der Waals surface area contributed by atoms with Crippen LogP contribution in [0.15, 0.2) is 36.4 Å². The van der Waals surface area contributed by atoms with Crippen LogP contribution >= 0.6 is 0 Å². The molecule has 1 amide bonds. The zero-order valence-electron chi connectivity index (χ0n) is 13.4. The largest absolute Gasteiger partial charge is 0.469 e. The van der Waals surface area contributed by atoms with E-state index >= 15 is 0 Å². The number of nitrogens with one attached hydrogen (secondary N) is 1. The monoisotopic (exact) mass is 295 g/mol. The standard InChI is InChI=1S/C10H19NO4.C6H6/c1-7(6-8(12)14-5)11-9(13)15-10(2,3)4;1-2-4-6-5-3-1/h7H,6H2,1-5H3,(H,11,13);1-6H. The van der Waals surface area contributed by atoms with Crippen LogP contribution in [-0.4, -0.2) is 30.8 Å². The van der Waals surface area contributed by atoms with Crippen LogP contribution < -0.4 is 5.32 Å². The van der Waals surface area contributed by atoms with E-state index in [4.69, 9.17) is 4.74 Å². The first-order valence-electron chi connectivity index (χ1n) is 6.81. The fourth-order valence-corrected chi connectivity index (χ4v) is 1.28. The number of hydrogen-bond acceptors (Lipinski definition) is 4. The van der Waals surface area contributed by atoms with Gasteiger partial charge in [-0.2, -0.15) is 0 Å². The molecule has 0 spiro atoms. The Hall–Kier alpha value is -2.04. The summed E-state index contributed by atoms with van der Waals surface area (Å²) in [6.07, 6.45) is -0.394. The maximum Gasteiger partial charge on any atom is 0.407 e. The predicted molar refractivity (Wildman–Crippen MR) is 81.9 cm³/mol. The number of benzene rings is 1. The summed E-state index contributed by atoms with van der Waals surface area (Å²) in [5.41, 5.74) is -0.533. The molecule has 5 nitrogen and oxygen atoms in total. The van der Waals surface area contributed by atoms with Crippen molar-refractivity contribution in [3.63, 3.8) is 0 Å². The van der Waals surface area contributed by atoms with Gasteiger partial charge in [0.05, 0.1) is 13.5 Å². The first-order chi connectivity index (χ1) is 9.74. The number of rotatable bonds is 3. The second-order valence-electron chi connectivity index (χ2n) is 5.48. The molecule has 0 aliphatic rings. The highest BCUT2D eigenvalue weighted by Crippen LogP contribution is 2.07. The summed E-state index contributed by atoms with van der Waals surface area (Å²) in [5.74, 6) is -0.362. The van der Waals surface area contributed by atoms with Crippen LogP contribution in [0.5, 0.6) is 0 Å². The van der Waals surface area contributed by atoms with Gasteiger partial charge < -0.3 is 14.8 Å². The zero-order valence-corrected chi connectivity index (χ0v) is 13.4. The lowest BCUT2D eigenvalue weighted by Crippen LogP contribution is -2.38. The molecule has 0 aliphatic carbocycles. The smallest absolute Gasteiger partial charge is 0.407 e. The fourth-order valence-electron chi connectivity index (χ4n) is 1.28. The van der Waals surface area contributed by atoms with Crippen LogP contribution in [0.4, 0.5) is 4.79 Å². The maximum absolute atomic E-state index is 11.3. The average molecular weight is 295 g/mol. The SMILES string of the molecule is COC(=O)CC(C)NC(=O)OC(C)(C)C.c1ccccc1. The molecule has 1 N–H and O–H groups in total. The number of carbonyl (C=O) groups excluding carboxylic acids is 2. The molecule has 1 rings (SSSR count). The predicted octanol–water partition coefficient (Wildman–Crippen LogP) is 3.15. The van der Waals surface area contributed by atoms with Gasteiger partial charge in [0.15, 0.2) is 0 Å². The number of alkyl carbamates (subject to hydrolysis) is 1. The highest BCUT2D eigenvalue weighted by Gasteiger charge is 2.18. The Kier molecular flexibility index (Phi) is 8.85. The molecule has 1 unspecified atom stereocenters. The molecule has 0 saturated heterocycles. The Labute approximate surface area is 126 Å². The van der Waals surface area contributed by atoms with Crippen molar-refractivity contribution < 1.29 is 19.1 Å². The van der Waals surface area contributed by atoms with Crippen LogP contribution in [0.2, 0.25) is 0 Å². The van der Waals surface area contributed by atoms with E-state index in [1.165, 1.54) is 7.11 Å². The normalized spacial score (nSPS) is 11.5. The summed E-state index contributed by atoms with van der Waals surface area (Å²) in [5, 5.41) is 2.54. The van der Waals surface area contributed by atoms with Crippen LogP contribution in [0.25, 0.3) is 0 Å². The summed E-state index contributed by atoms with van der Waals surface area (Å²) < 4.78 is 9.49. The summed E-state index contributed by atoms with van der Waals surface area (Å²) in [6, 6.07) is 11.7. The maximum atomic E-state index is 11.3. The third-order valence-electron chi connectivity index (χ3n) is 2.13. The summed E-state index contributed by atoms with van der Waals surface area (Å²) in [6.45, 7) is 7.04. The minimum atomic E-state index is -0.533. The molecule has 0 radical (unpaired) electrons. The van der Waals surface area contributed by atoms with Crippen molar-refractivity contribution in [2.75, 3.05) is 7.11 Å². The lowest BCUT2D eigenvalue weighted by atomic mass is 10.2. The quantitative estimate of drug-likeness (QED) is 0.870. The van der Waals surface area contributed by atoms with Crippen LogP contribution in [0.1, 0.15) is 34.1 Å². The summed E-state index contributed by atoms with van der Waals surface area (Å²) >= 11 is 0. The van der Waals surface area contributed by atoms with Gasteiger partial charge in [0.1, 0.15) is 5.60 Å². The fraction of sp³-hybridized carbons (Fsp3) is 0.500. The Morgan fingerprint density at radius 1 is 1.05 bits per heavy atom. The second-order valence-corrected chi connectivity index (χ2v) is 5.48. The van der Waals surface area contributed by atoms with E-state index in [0.717, 1.165) is 0 Å². The highest BCUT2D eigenvalue weighted by atomic mass is 16.6. The van der Waals surface area contributed by atoms with Crippen molar-refractivity contribution >= 4 is 12.1 Å². The first kappa shape index (κ1) is 19.0. The van der Waals surface area contributed by atoms with E-state index in [9.17, 15) is 9.59 Å². The third kappa shape index (κ3) is 12.7. The Bertz CT molecular complexity index is 385. The number of methoxy groups -OCH3 is 1. The van der Waals surface area contributed by atoms with E-state index in [2.05, 4.69) is 10.1 Å². The number of amides is 1. The van der Waals surface area contributed by atoms with Crippen LogP contribution in [0, 0.1) is 0 Å². The molecule has 21 heavy (non-hydrogen) atoms. The Morgan fingerprint density at radius 2 is 1.48 bits per heavy atom. The van der Waals surface area contributed by atoms with Gasteiger partial charge in [-0.25, -0.2) is 4.79 Å². The molecular weight excluding hydrogens is 270 g/mol. The van der Waals surface area contributed by atoms with Gasteiger partial charge in [-0.15, -0.1) is 0 Å². The average Bonchev–Trinajstić information content (AvgIpc) is 2.38. The Morgan fingerprint density at radius 3 is 1.81 bits per heavy atom. The van der Waals surface area contributed by atoms with E-state index in [1.807, 2.05) is 36.4 Å². The van der Waals surface area contributed by atoms with E-state index in [-0.39, 0.29) is 18.4 Å². The van der Waals surface area contributed by atoms with Crippen LogP contribution in [-0.2, 0) is 14.3 Å². The third-order valence-corrected chi connectivity index (χ3v) is 2.13. The molecule has 0 fully saturated rings. The molecule has 0 aliphatic heterocycles. The summed E-state index contributed by atoms with van der Waals surface area (Å²) in [7, 11) is 1.31. The van der Waals surface area contributed by atoms with Crippen molar-refractivity contribution in [3.8, 4) is 0 Å². The van der Waals surface area contributed by atoms with Gasteiger partial charge >= 0.3 is 12.1 Å². The van der Waals surface area contributed by atoms with Gasteiger partial charge in [-0.1, -0.05) is 36.4 Å². The van der Waals surface area contributed by atoms with Crippen LogP contribution in [0.3, 0.4) is 0 Å². The Balaban J connectivity index is 0.000000547. The second kappa shape index (κ2) is 9.80. The van der Waals surface area contributed by atoms with E-state index in [0.29, 0.717) is 0 Å². The number of carbonyl (C=O) groups is 2. The molecular formula is C16H25NO4. The van der Waals surface area contributed by atoms with E-state index < -0.39 is 11.7 Å². The lowest BCUT2D eigenvalue weighted by molar-refractivity contribution is -0.141. The zero-order chi connectivity index (χ0) is 16.3. The van der Waals surface area contributed by atoms with Gasteiger partial charge in [-0.05, 0) is 27.7 Å². The molecule has 0 bridgehead atoms. The molecule has 1 aromatic carbocycles. The molecule has 118 valence electrons. The lowest BCUT2D eigenvalue weighted by Gasteiger charge is -2.21. The molecule has 1 atom stereocenters. The molecule has 0 heterocycles. The minimum Gasteiger partial charge on any atom is -0.469 e. The first-order valence-corrected chi connectivity index (χ1v) is 6.81. The topological polar surface area (TPSA) is 64.6 Å². The van der Waals surface area contributed by atoms with Gasteiger partial charge in [0.2, 0.25) is 0 Å². The highest BCUT2D eigenvalue weighted by molar-refractivity contribution is 5.72. The van der Waals surface area contributed by atoms with Gasteiger partial charge in [0, 0.05) is 6.04 Å². The van der Waals surface area contributed by atoms with Crippen molar-refractivity contribution in [1.29, 1.82) is 0 Å². The number of esters is 1. The van der Waals surface area contributed by atoms with Crippen molar-refractivity contribution in [2.45, 2.75) is 45.8 Å². The van der Waals surface area contributed by atoms with Crippen molar-refractivity contribution in [1.82, 2.24) is 5.32 Å². The van der Waals surface area contributed by atoms with Gasteiger partial charge in [0.25, 0.3) is 0 Å². The summed E-state index contributed by atoms with van der Waals surface area (Å²) in [4.78, 5) is 22.1. The van der Waals surface area contributed by atoms with Gasteiger partial charge in [-0.3, -0.25) is 4.79 Å². The van der Waals surface area contributed by atoms with Crippen molar-refractivity contribution in [3.05, 3.63) is 36.4 Å². The van der Waals surface area contributed by atoms with Crippen molar-refractivity contribution in [2.24, 2.45) is 0 Å². The number of hydrogen-bond donors (Lipinski definition) is 1. The number of ether oxygens (including phenoxy) is 2.